The zero-order valence-electron chi connectivity index (χ0n) is 15.2. The van der Waals surface area contributed by atoms with E-state index in [4.69, 9.17) is 4.42 Å². The van der Waals surface area contributed by atoms with E-state index in [1.165, 1.54) is 6.42 Å². The van der Waals surface area contributed by atoms with E-state index in [2.05, 4.69) is 20.4 Å². The largest absolute Gasteiger partial charge is 0.405 e. The van der Waals surface area contributed by atoms with Crippen molar-refractivity contribution in [3.63, 3.8) is 0 Å². The molecule has 3 rings (SSSR count). The van der Waals surface area contributed by atoms with Crippen LogP contribution in [0, 0.1) is 5.41 Å². The lowest BCUT2D eigenvalue weighted by Crippen LogP contribution is -2.38. The summed E-state index contributed by atoms with van der Waals surface area (Å²) in [5.74, 6) is 0.364. The van der Waals surface area contributed by atoms with E-state index < -0.39 is 11.5 Å². The van der Waals surface area contributed by atoms with Crippen LogP contribution in [-0.4, -0.2) is 29.2 Å². The van der Waals surface area contributed by atoms with Crippen LogP contribution in [0.2, 0.25) is 0 Å². The first kappa shape index (κ1) is 17.5. The number of aromatic nitrogens is 2. The van der Waals surface area contributed by atoms with Gasteiger partial charge in [0, 0.05) is 18.5 Å². The van der Waals surface area contributed by atoms with E-state index in [1.807, 2.05) is 51.1 Å². The van der Waals surface area contributed by atoms with Crippen molar-refractivity contribution in [2.45, 2.75) is 46.1 Å². The Morgan fingerprint density at radius 3 is 2.44 bits per heavy atom. The molecule has 1 aromatic heterocycles. The van der Waals surface area contributed by atoms with Crippen molar-refractivity contribution < 1.29 is 9.21 Å². The maximum atomic E-state index is 12.5. The van der Waals surface area contributed by atoms with Crippen LogP contribution in [0.1, 0.15) is 57.5 Å². The van der Waals surface area contributed by atoms with Gasteiger partial charge in [0.1, 0.15) is 6.04 Å². The lowest BCUT2D eigenvalue weighted by molar-refractivity contribution is -0.129. The first-order valence-corrected chi connectivity index (χ1v) is 8.89. The zero-order valence-corrected chi connectivity index (χ0v) is 15.2. The van der Waals surface area contributed by atoms with Gasteiger partial charge in [-0.3, -0.25) is 4.79 Å². The maximum Gasteiger partial charge on any atom is 0.318 e. The molecular formula is C19H26N4O2. The summed E-state index contributed by atoms with van der Waals surface area (Å²) < 4.78 is 5.94. The van der Waals surface area contributed by atoms with Crippen LogP contribution in [0.5, 0.6) is 0 Å². The number of anilines is 1. The zero-order chi connectivity index (χ0) is 17.9. The molecule has 1 aliphatic rings. The highest BCUT2D eigenvalue weighted by Crippen LogP contribution is 2.26. The van der Waals surface area contributed by atoms with Crippen LogP contribution < -0.4 is 10.2 Å². The van der Waals surface area contributed by atoms with Gasteiger partial charge in [-0.25, -0.2) is 0 Å². The molecule has 25 heavy (non-hydrogen) atoms. The van der Waals surface area contributed by atoms with Crippen LogP contribution in [0.3, 0.4) is 0 Å². The third kappa shape index (κ3) is 4.18. The number of carbonyl (C=O) groups is 1. The normalized spacial score (nSPS) is 16.5. The topological polar surface area (TPSA) is 71.3 Å². The SMILES string of the molecule is CC(C)(C)C(=O)N[C@@H](c1ccccc1)c1nnc(N2CCCCC2)o1. The highest BCUT2D eigenvalue weighted by molar-refractivity contribution is 5.82. The Labute approximate surface area is 148 Å². The van der Waals surface area contributed by atoms with Crippen LogP contribution >= 0.6 is 0 Å². The summed E-state index contributed by atoms with van der Waals surface area (Å²) in [4.78, 5) is 14.6. The number of hydrogen-bond acceptors (Lipinski definition) is 5. The molecular weight excluding hydrogens is 316 g/mol. The highest BCUT2D eigenvalue weighted by atomic mass is 16.4. The molecule has 2 aromatic rings. The van der Waals surface area contributed by atoms with E-state index >= 15 is 0 Å². The van der Waals surface area contributed by atoms with Crippen LogP contribution in [-0.2, 0) is 4.79 Å². The van der Waals surface area contributed by atoms with Crippen molar-refractivity contribution in [3.05, 3.63) is 41.8 Å². The molecule has 0 radical (unpaired) electrons. The minimum Gasteiger partial charge on any atom is -0.405 e. The number of amides is 1. The summed E-state index contributed by atoms with van der Waals surface area (Å²) in [7, 11) is 0. The number of piperidine rings is 1. The van der Waals surface area contributed by atoms with Gasteiger partial charge in [-0.05, 0) is 24.8 Å². The molecule has 0 saturated carbocycles. The van der Waals surface area contributed by atoms with Gasteiger partial charge in [0.15, 0.2) is 0 Å². The lowest BCUT2D eigenvalue weighted by atomic mass is 9.94. The van der Waals surface area contributed by atoms with Gasteiger partial charge in [0.25, 0.3) is 0 Å². The summed E-state index contributed by atoms with van der Waals surface area (Å²) in [6.45, 7) is 7.53. The molecule has 6 heteroatoms. The summed E-state index contributed by atoms with van der Waals surface area (Å²) in [6, 6.07) is 9.83. The van der Waals surface area contributed by atoms with E-state index in [1.54, 1.807) is 0 Å². The summed E-state index contributed by atoms with van der Waals surface area (Å²) >= 11 is 0. The van der Waals surface area contributed by atoms with Crippen molar-refractivity contribution in [3.8, 4) is 0 Å². The fourth-order valence-corrected chi connectivity index (χ4v) is 2.84. The molecule has 2 heterocycles. The first-order valence-electron chi connectivity index (χ1n) is 8.89. The molecule has 0 spiro atoms. The van der Waals surface area contributed by atoms with Crippen molar-refractivity contribution in [1.29, 1.82) is 0 Å². The standard InChI is InChI=1S/C19H26N4O2/c1-19(2,3)17(24)20-15(14-10-6-4-7-11-14)16-21-22-18(25-16)23-12-8-5-9-13-23/h4,6-7,10-11,15H,5,8-9,12-13H2,1-3H3,(H,20,24)/t15-/m0/s1. The van der Waals surface area contributed by atoms with Gasteiger partial charge in [-0.1, -0.05) is 56.2 Å². The predicted octanol–water partition coefficient (Wildman–Crippen LogP) is 3.31. The number of benzene rings is 1. The van der Waals surface area contributed by atoms with Gasteiger partial charge >= 0.3 is 6.01 Å². The monoisotopic (exact) mass is 342 g/mol. The van der Waals surface area contributed by atoms with Crippen molar-refractivity contribution in [2.75, 3.05) is 18.0 Å². The Bertz CT molecular complexity index is 700. The fraction of sp³-hybridized carbons (Fsp3) is 0.526. The number of nitrogens with one attached hydrogen (secondary N) is 1. The summed E-state index contributed by atoms with van der Waals surface area (Å²) in [5, 5.41) is 11.5. The second-order valence-electron chi connectivity index (χ2n) is 7.54. The molecule has 1 amide bonds. The number of rotatable bonds is 4. The van der Waals surface area contributed by atoms with E-state index in [9.17, 15) is 4.79 Å². The van der Waals surface area contributed by atoms with Crippen molar-refractivity contribution in [2.24, 2.45) is 5.41 Å². The fourth-order valence-electron chi connectivity index (χ4n) is 2.84. The number of hydrogen-bond donors (Lipinski definition) is 1. The van der Waals surface area contributed by atoms with E-state index in [-0.39, 0.29) is 5.91 Å². The minimum atomic E-state index is -0.497. The predicted molar refractivity (Wildman–Crippen MR) is 96.2 cm³/mol. The molecule has 0 bridgehead atoms. The molecule has 1 N–H and O–H groups in total. The van der Waals surface area contributed by atoms with Gasteiger partial charge in [0.2, 0.25) is 11.8 Å². The Balaban J connectivity index is 1.86. The van der Waals surface area contributed by atoms with Crippen LogP contribution in [0.15, 0.2) is 34.7 Å². The quantitative estimate of drug-likeness (QED) is 0.923. The molecule has 0 unspecified atom stereocenters. The second-order valence-corrected chi connectivity index (χ2v) is 7.54. The molecule has 1 saturated heterocycles. The molecule has 1 fully saturated rings. The molecule has 1 aliphatic heterocycles. The summed E-state index contributed by atoms with van der Waals surface area (Å²) in [6.07, 6.45) is 3.52. The van der Waals surface area contributed by atoms with Gasteiger partial charge in [-0.15, -0.1) is 5.10 Å². The minimum absolute atomic E-state index is 0.0564. The molecule has 1 aromatic carbocycles. The van der Waals surface area contributed by atoms with E-state index in [0.717, 1.165) is 31.5 Å². The second kappa shape index (κ2) is 7.25. The first-order chi connectivity index (χ1) is 11.9. The lowest BCUT2D eigenvalue weighted by Gasteiger charge is -2.24. The molecule has 6 nitrogen and oxygen atoms in total. The van der Waals surface area contributed by atoms with Crippen molar-refractivity contribution in [1.82, 2.24) is 15.5 Å². The Hall–Kier alpha value is -2.37. The molecule has 1 atom stereocenters. The smallest absolute Gasteiger partial charge is 0.318 e. The van der Waals surface area contributed by atoms with Crippen LogP contribution in [0.4, 0.5) is 6.01 Å². The maximum absolute atomic E-state index is 12.5. The third-order valence-corrected chi connectivity index (χ3v) is 4.39. The Morgan fingerprint density at radius 2 is 1.80 bits per heavy atom. The van der Waals surface area contributed by atoms with E-state index in [0.29, 0.717) is 11.9 Å². The number of carbonyl (C=O) groups excluding carboxylic acids is 1. The average Bonchev–Trinajstić information content (AvgIpc) is 3.10. The van der Waals surface area contributed by atoms with Crippen LogP contribution in [0.25, 0.3) is 0 Å². The van der Waals surface area contributed by atoms with Crippen molar-refractivity contribution >= 4 is 11.9 Å². The highest BCUT2D eigenvalue weighted by Gasteiger charge is 2.29. The van der Waals surface area contributed by atoms with Gasteiger partial charge in [-0.2, -0.15) is 0 Å². The molecule has 134 valence electrons. The van der Waals surface area contributed by atoms with Gasteiger partial charge in [0.05, 0.1) is 0 Å². The number of nitrogens with zero attached hydrogens (tertiary/aromatic N) is 3. The Morgan fingerprint density at radius 1 is 1.12 bits per heavy atom. The average molecular weight is 342 g/mol. The third-order valence-electron chi connectivity index (χ3n) is 4.39. The Kier molecular flexibility index (Phi) is 5.06. The van der Waals surface area contributed by atoms with Gasteiger partial charge < -0.3 is 14.6 Å². The summed E-state index contributed by atoms with van der Waals surface area (Å²) in [5.41, 5.74) is 0.428. The molecule has 0 aliphatic carbocycles.